The van der Waals surface area contributed by atoms with Crippen molar-refractivity contribution >= 4 is 50.1 Å². The molecule has 1 saturated heterocycles. The molecule has 1 fully saturated rings. The Morgan fingerprint density at radius 3 is 2.53 bits per heavy atom. The summed E-state index contributed by atoms with van der Waals surface area (Å²) >= 11 is 0. The number of nitrogens with one attached hydrogen (secondary N) is 2. The minimum atomic E-state index is -0.180. The lowest BCUT2D eigenvalue weighted by atomic mass is 9.89. The van der Waals surface area contributed by atoms with Gasteiger partial charge in [-0.3, -0.25) is 9.59 Å². The summed E-state index contributed by atoms with van der Waals surface area (Å²) < 4.78 is 8.32. The van der Waals surface area contributed by atoms with E-state index < -0.39 is 0 Å². The fraction of sp³-hybridized carbons (Fsp3) is 0.263. The predicted octanol–water partition coefficient (Wildman–Crippen LogP) is 7.70. The highest BCUT2D eigenvalue weighted by Gasteiger charge is 2.21. The molecule has 0 atom stereocenters. The molecule has 4 aromatic carbocycles. The van der Waals surface area contributed by atoms with Crippen molar-refractivity contribution in [3.8, 4) is 11.1 Å². The zero-order valence-corrected chi connectivity index (χ0v) is 25.8. The van der Waals surface area contributed by atoms with Crippen LogP contribution in [-0.4, -0.2) is 47.5 Å². The van der Waals surface area contributed by atoms with E-state index in [1.54, 1.807) is 0 Å². The van der Waals surface area contributed by atoms with Crippen LogP contribution in [0.3, 0.4) is 0 Å². The van der Waals surface area contributed by atoms with Gasteiger partial charge in [0, 0.05) is 54.1 Å². The summed E-state index contributed by atoms with van der Waals surface area (Å²) in [6.45, 7) is 5.13. The van der Waals surface area contributed by atoms with Gasteiger partial charge in [-0.25, -0.2) is 0 Å². The third-order valence-electron chi connectivity index (χ3n) is 9.15. The fourth-order valence-corrected chi connectivity index (χ4v) is 6.83. The van der Waals surface area contributed by atoms with E-state index >= 15 is 0 Å². The van der Waals surface area contributed by atoms with E-state index in [1.165, 1.54) is 23.4 Å². The standard InChI is InChI=1S/C38H38N4O3/c1-25(43)40-31-8-5-7-27(22-31)26-14-19-42(20-15-26)17-6-16-39-38(44)36-24-30-23-34(32-9-3-4-10-33(32)37(30)45-36)28-11-12-35-29(21-28)13-18-41(35)2/h3-5,7-13,18,21-24,26H,6,14-17,19-20H2,1-2H3,(H,39,44)(H,40,43). The number of carbonyl (C=O) groups excluding carboxylic acids is 2. The van der Waals surface area contributed by atoms with Crippen LogP contribution in [0.25, 0.3) is 43.8 Å². The first-order valence-electron chi connectivity index (χ1n) is 15.8. The Balaban J connectivity index is 0.979. The molecular formula is C38H38N4O3. The second-order valence-corrected chi connectivity index (χ2v) is 12.2. The summed E-state index contributed by atoms with van der Waals surface area (Å²) in [6.07, 6.45) is 5.13. The average Bonchev–Trinajstić information content (AvgIpc) is 3.66. The van der Waals surface area contributed by atoms with Crippen molar-refractivity contribution in [2.45, 2.75) is 32.1 Å². The first kappa shape index (κ1) is 28.9. The number of aryl methyl sites for hydroxylation is 1. The van der Waals surface area contributed by atoms with Crippen molar-refractivity contribution in [1.82, 2.24) is 14.8 Å². The van der Waals surface area contributed by atoms with Gasteiger partial charge >= 0.3 is 0 Å². The molecule has 1 aliphatic heterocycles. The summed E-state index contributed by atoms with van der Waals surface area (Å²) in [5, 5.41) is 10.2. The third-order valence-corrected chi connectivity index (χ3v) is 9.15. The molecule has 3 heterocycles. The summed E-state index contributed by atoms with van der Waals surface area (Å²) in [4.78, 5) is 27.1. The highest BCUT2D eigenvalue weighted by atomic mass is 16.3. The van der Waals surface area contributed by atoms with Gasteiger partial charge in [0.1, 0.15) is 5.58 Å². The SMILES string of the molecule is CC(=O)Nc1cccc(C2CCN(CCCNC(=O)c3cc4cc(-c5ccc6c(ccn6C)c5)c5ccccc5c4o3)CC2)c1. The Kier molecular flexibility index (Phi) is 7.86. The van der Waals surface area contributed by atoms with Gasteiger partial charge in [-0.05, 0) is 109 Å². The largest absolute Gasteiger partial charge is 0.450 e. The minimum absolute atomic E-state index is 0.0472. The van der Waals surface area contributed by atoms with Gasteiger partial charge in [-0.2, -0.15) is 0 Å². The number of anilines is 1. The molecule has 228 valence electrons. The summed E-state index contributed by atoms with van der Waals surface area (Å²) in [5.41, 5.74) is 6.35. The van der Waals surface area contributed by atoms with Crippen LogP contribution in [0.15, 0.2) is 95.5 Å². The number of benzene rings is 4. The second kappa shape index (κ2) is 12.3. The number of amides is 2. The Labute approximate surface area is 262 Å². The highest BCUT2D eigenvalue weighted by molar-refractivity contribution is 6.13. The van der Waals surface area contributed by atoms with Crippen LogP contribution >= 0.6 is 0 Å². The fourth-order valence-electron chi connectivity index (χ4n) is 6.83. The van der Waals surface area contributed by atoms with Gasteiger partial charge in [0.15, 0.2) is 5.76 Å². The molecule has 2 N–H and O–H groups in total. The molecule has 0 bridgehead atoms. The Morgan fingerprint density at radius 1 is 0.889 bits per heavy atom. The van der Waals surface area contributed by atoms with Crippen LogP contribution < -0.4 is 10.6 Å². The number of carbonyl (C=O) groups is 2. The zero-order chi connectivity index (χ0) is 30.9. The third kappa shape index (κ3) is 5.96. The molecule has 45 heavy (non-hydrogen) atoms. The van der Waals surface area contributed by atoms with E-state index in [9.17, 15) is 9.59 Å². The van der Waals surface area contributed by atoms with Crippen molar-refractivity contribution < 1.29 is 14.0 Å². The number of aromatic nitrogens is 1. The van der Waals surface area contributed by atoms with Crippen LogP contribution in [0, 0.1) is 0 Å². The topological polar surface area (TPSA) is 79.5 Å². The normalized spacial score (nSPS) is 14.4. The molecular weight excluding hydrogens is 560 g/mol. The van der Waals surface area contributed by atoms with Gasteiger partial charge in [0.2, 0.25) is 5.91 Å². The number of nitrogens with zero attached hydrogens (tertiary/aromatic N) is 2. The Bertz CT molecular complexity index is 2030. The van der Waals surface area contributed by atoms with E-state index in [0.29, 0.717) is 18.2 Å². The van der Waals surface area contributed by atoms with Crippen LogP contribution in [0.5, 0.6) is 0 Å². The molecule has 0 aliphatic carbocycles. The van der Waals surface area contributed by atoms with Crippen molar-refractivity contribution in [3.05, 3.63) is 102 Å². The van der Waals surface area contributed by atoms with Crippen molar-refractivity contribution in [3.63, 3.8) is 0 Å². The number of rotatable bonds is 8. The maximum absolute atomic E-state index is 13.2. The van der Waals surface area contributed by atoms with E-state index in [2.05, 4.69) is 87.9 Å². The van der Waals surface area contributed by atoms with Gasteiger partial charge in [0.25, 0.3) is 5.91 Å². The number of hydrogen-bond donors (Lipinski definition) is 2. The second-order valence-electron chi connectivity index (χ2n) is 12.2. The zero-order valence-electron chi connectivity index (χ0n) is 25.8. The number of furan rings is 1. The van der Waals surface area contributed by atoms with Crippen molar-refractivity contribution in [2.24, 2.45) is 7.05 Å². The maximum Gasteiger partial charge on any atom is 0.287 e. The summed E-state index contributed by atoms with van der Waals surface area (Å²) in [6, 6.07) is 29.2. The molecule has 7 heteroatoms. The molecule has 0 saturated carbocycles. The molecule has 7 rings (SSSR count). The lowest BCUT2D eigenvalue weighted by Crippen LogP contribution is -2.35. The molecule has 2 amide bonds. The Hall–Kier alpha value is -4.88. The maximum atomic E-state index is 13.2. The van der Waals surface area contributed by atoms with Crippen molar-refractivity contribution in [1.29, 1.82) is 0 Å². The van der Waals surface area contributed by atoms with Crippen LogP contribution in [0.2, 0.25) is 0 Å². The minimum Gasteiger partial charge on any atom is -0.450 e. The Morgan fingerprint density at radius 2 is 1.71 bits per heavy atom. The van der Waals surface area contributed by atoms with Crippen molar-refractivity contribution in [2.75, 3.05) is 31.5 Å². The molecule has 0 radical (unpaired) electrons. The van der Waals surface area contributed by atoms with Crippen LogP contribution in [-0.2, 0) is 11.8 Å². The van der Waals surface area contributed by atoms with Gasteiger partial charge < -0.3 is 24.5 Å². The monoisotopic (exact) mass is 598 g/mol. The highest BCUT2D eigenvalue weighted by Crippen LogP contribution is 2.37. The molecule has 0 unspecified atom stereocenters. The molecule has 6 aromatic rings. The number of likely N-dealkylation sites (tertiary alicyclic amines) is 1. The van der Waals surface area contributed by atoms with Gasteiger partial charge in [0.05, 0.1) is 0 Å². The van der Waals surface area contributed by atoms with Gasteiger partial charge in [-0.15, -0.1) is 0 Å². The van der Waals surface area contributed by atoms with Crippen LogP contribution in [0.4, 0.5) is 5.69 Å². The number of hydrogen-bond acceptors (Lipinski definition) is 4. The number of fused-ring (bicyclic) bond motifs is 4. The molecule has 1 aliphatic rings. The quantitative estimate of drug-likeness (QED) is 0.176. The number of piperidine rings is 1. The summed E-state index contributed by atoms with van der Waals surface area (Å²) in [7, 11) is 2.06. The predicted molar refractivity (Wildman–Crippen MR) is 182 cm³/mol. The van der Waals surface area contributed by atoms with E-state index in [0.717, 1.165) is 77.5 Å². The molecule has 0 spiro atoms. The summed E-state index contributed by atoms with van der Waals surface area (Å²) in [5.74, 6) is 0.614. The molecule has 2 aromatic heterocycles. The smallest absolute Gasteiger partial charge is 0.287 e. The average molecular weight is 599 g/mol. The van der Waals surface area contributed by atoms with Gasteiger partial charge in [-0.1, -0.05) is 42.5 Å². The first-order chi connectivity index (χ1) is 21.9. The first-order valence-corrected chi connectivity index (χ1v) is 15.8. The lowest BCUT2D eigenvalue weighted by Gasteiger charge is -2.32. The van der Waals surface area contributed by atoms with Crippen LogP contribution in [0.1, 0.15) is 48.2 Å². The van der Waals surface area contributed by atoms with E-state index in [-0.39, 0.29) is 11.8 Å². The lowest BCUT2D eigenvalue weighted by molar-refractivity contribution is -0.114. The van der Waals surface area contributed by atoms with E-state index in [1.807, 2.05) is 30.3 Å². The van der Waals surface area contributed by atoms with E-state index in [4.69, 9.17) is 4.42 Å². The molecule has 7 nitrogen and oxygen atoms in total.